The van der Waals surface area contributed by atoms with Crippen LogP contribution >= 0.6 is 0 Å². The van der Waals surface area contributed by atoms with Gasteiger partial charge in [-0.15, -0.1) is 0 Å². The van der Waals surface area contributed by atoms with Crippen molar-refractivity contribution in [3.05, 3.63) is 70.3 Å². The average molecular weight is 514 g/mol. The number of ether oxygens (including phenoxy) is 2. The van der Waals surface area contributed by atoms with Gasteiger partial charge >= 0.3 is 0 Å². The second-order valence-corrected chi connectivity index (χ2v) is 9.48. The molecule has 0 radical (unpaired) electrons. The molecule has 0 fully saturated rings. The van der Waals surface area contributed by atoms with Gasteiger partial charge in [-0.1, -0.05) is 13.0 Å². The summed E-state index contributed by atoms with van der Waals surface area (Å²) in [7, 11) is 3.76. The van der Waals surface area contributed by atoms with Crippen molar-refractivity contribution in [1.29, 1.82) is 5.26 Å². The number of benzene rings is 1. The second-order valence-electron chi connectivity index (χ2n) is 9.48. The highest BCUT2D eigenvalue weighted by atomic mass is 16.5. The molecule has 1 aromatic carbocycles. The lowest BCUT2D eigenvalue weighted by atomic mass is 9.86. The summed E-state index contributed by atoms with van der Waals surface area (Å²) in [6.07, 6.45) is 4.80. The van der Waals surface area contributed by atoms with E-state index in [1.165, 1.54) is 6.20 Å². The Morgan fingerprint density at radius 1 is 1.16 bits per heavy atom. The number of methoxy groups -OCH3 is 1. The summed E-state index contributed by atoms with van der Waals surface area (Å²) in [6, 6.07) is 10.00. The molecular formula is C30H35N5O3. The van der Waals surface area contributed by atoms with Gasteiger partial charge in [-0.25, -0.2) is 0 Å². The number of pyridine rings is 2. The first-order valence-electron chi connectivity index (χ1n) is 13.0. The summed E-state index contributed by atoms with van der Waals surface area (Å²) in [6.45, 7) is 9.19. The van der Waals surface area contributed by atoms with Crippen molar-refractivity contribution in [3.8, 4) is 28.7 Å². The second kappa shape index (κ2) is 12.1. The first-order chi connectivity index (χ1) is 18.4. The molecule has 8 heteroatoms. The number of carbonyl (C=O) groups excluding carboxylic acids is 1. The topological polar surface area (TPSA) is 91.6 Å². The lowest BCUT2D eigenvalue weighted by Gasteiger charge is -2.31. The van der Waals surface area contributed by atoms with Gasteiger partial charge in [-0.2, -0.15) is 5.26 Å². The van der Waals surface area contributed by atoms with Crippen LogP contribution in [0.25, 0.3) is 11.1 Å². The van der Waals surface area contributed by atoms with E-state index in [0.717, 1.165) is 53.2 Å². The standard InChI is InChI=1S/C30H35N5O3/c1-6-34(4)12-9-21-14-25(29-20(3)32-11-8-27(29)37-5)24-10-13-35(30(36)26(24)15-21)19-23-16-28(38-7-2)22(17-31)18-33-23/h8,11,14-16,18H,6-7,9-10,12-13,19H2,1-5H3. The maximum absolute atomic E-state index is 13.9. The highest BCUT2D eigenvalue weighted by Gasteiger charge is 2.29. The Balaban J connectivity index is 1.74. The van der Waals surface area contributed by atoms with E-state index in [1.54, 1.807) is 19.4 Å². The quantitative estimate of drug-likeness (QED) is 0.396. The Bertz CT molecular complexity index is 1360. The number of carbonyl (C=O) groups is 1. The third kappa shape index (κ3) is 5.63. The van der Waals surface area contributed by atoms with E-state index in [9.17, 15) is 10.1 Å². The summed E-state index contributed by atoms with van der Waals surface area (Å²) in [4.78, 5) is 26.9. The van der Waals surface area contributed by atoms with Crippen molar-refractivity contribution >= 4 is 5.91 Å². The molecule has 0 unspecified atom stereocenters. The molecule has 0 spiro atoms. The Hall–Kier alpha value is -3.96. The minimum absolute atomic E-state index is 0.0252. The van der Waals surface area contributed by atoms with Crippen LogP contribution in [0.1, 0.15) is 52.3 Å². The number of hydrogen-bond donors (Lipinski definition) is 0. The fourth-order valence-electron chi connectivity index (χ4n) is 4.87. The molecule has 1 aliphatic rings. The monoisotopic (exact) mass is 513 g/mol. The molecule has 2 aromatic heterocycles. The van der Waals surface area contributed by atoms with Crippen LogP contribution in [0, 0.1) is 18.3 Å². The number of amides is 1. The van der Waals surface area contributed by atoms with Crippen LogP contribution in [-0.2, 0) is 19.4 Å². The van der Waals surface area contributed by atoms with Gasteiger partial charge < -0.3 is 19.3 Å². The maximum atomic E-state index is 13.9. The Morgan fingerprint density at radius 3 is 2.66 bits per heavy atom. The SMILES string of the molecule is CCOc1cc(CN2CCc3c(cc(CCN(C)CC)cc3-c3c(OC)ccnc3C)C2=O)ncc1C#N. The van der Waals surface area contributed by atoms with Crippen molar-refractivity contribution < 1.29 is 14.3 Å². The molecule has 3 aromatic rings. The first-order valence-corrected chi connectivity index (χ1v) is 13.0. The number of aryl methyl sites for hydroxylation is 1. The summed E-state index contributed by atoms with van der Waals surface area (Å²) in [5, 5.41) is 9.35. The molecule has 3 heterocycles. The van der Waals surface area contributed by atoms with Gasteiger partial charge in [-0.3, -0.25) is 14.8 Å². The number of aromatic nitrogens is 2. The minimum atomic E-state index is -0.0252. The fourth-order valence-corrected chi connectivity index (χ4v) is 4.87. The van der Waals surface area contributed by atoms with Crippen molar-refractivity contribution in [2.24, 2.45) is 0 Å². The molecular weight excluding hydrogens is 478 g/mol. The summed E-state index contributed by atoms with van der Waals surface area (Å²) in [5.74, 6) is 1.22. The number of nitriles is 1. The van der Waals surface area contributed by atoms with Gasteiger partial charge in [0.25, 0.3) is 5.91 Å². The Labute approximate surface area is 224 Å². The molecule has 0 atom stereocenters. The predicted molar refractivity (Wildman–Crippen MR) is 146 cm³/mol. The molecule has 198 valence electrons. The highest BCUT2D eigenvalue weighted by Crippen LogP contribution is 2.38. The smallest absolute Gasteiger partial charge is 0.254 e. The fraction of sp³-hybridized carbons (Fsp3) is 0.400. The molecule has 0 bridgehead atoms. The molecule has 1 aliphatic heterocycles. The van der Waals surface area contributed by atoms with E-state index in [0.29, 0.717) is 48.7 Å². The van der Waals surface area contributed by atoms with E-state index >= 15 is 0 Å². The first kappa shape index (κ1) is 27.1. The largest absolute Gasteiger partial charge is 0.496 e. The molecule has 0 aliphatic carbocycles. The van der Waals surface area contributed by atoms with E-state index in [-0.39, 0.29) is 5.91 Å². The normalized spacial score (nSPS) is 12.9. The van der Waals surface area contributed by atoms with Crippen LogP contribution in [0.2, 0.25) is 0 Å². The molecule has 0 N–H and O–H groups in total. The lowest BCUT2D eigenvalue weighted by molar-refractivity contribution is 0.0724. The van der Waals surface area contributed by atoms with Crippen molar-refractivity contribution in [2.75, 3.05) is 40.4 Å². The van der Waals surface area contributed by atoms with Gasteiger partial charge in [0.15, 0.2) is 0 Å². The van der Waals surface area contributed by atoms with Gasteiger partial charge in [0.1, 0.15) is 23.1 Å². The van der Waals surface area contributed by atoms with Gasteiger partial charge in [0.2, 0.25) is 0 Å². The van der Waals surface area contributed by atoms with Crippen molar-refractivity contribution in [1.82, 2.24) is 19.8 Å². The predicted octanol–water partition coefficient (Wildman–Crippen LogP) is 4.42. The zero-order valence-electron chi connectivity index (χ0n) is 22.9. The third-order valence-corrected chi connectivity index (χ3v) is 7.07. The maximum Gasteiger partial charge on any atom is 0.254 e. The van der Waals surface area contributed by atoms with Gasteiger partial charge in [0, 0.05) is 48.4 Å². The summed E-state index contributed by atoms with van der Waals surface area (Å²) in [5.41, 5.74) is 6.75. The van der Waals surface area contributed by atoms with Gasteiger partial charge in [-0.05, 0) is 69.1 Å². The lowest BCUT2D eigenvalue weighted by Crippen LogP contribution is -2.37. The number of rotatable bonds is 10. The van der Waals surface area contributed by atoms with Crippen LogP contribution in [0.4, 0.5) is 0 Å². The Kier molecular flexibility index (Phi) is 8.59. The molecule has 4 rings (SSSR count). The molecule has 8 nitrogen and oxygen atoms in total. The third-order valence-electron chi connectivity index (χ3n) is 7.07. The molecule has 0 saturated heterocycles. The number of nitrogens with zero attached hydrogens (tertiary/aromatic N) is 5. The van der Waals surface area contributed by atoms with Crippen LogP contribution in [-0.4, -0.2) is 66.1 Å². The number of hydrogen-bond acceptors (Lipinski definition) is 7. The van der Waals surface area contributed by atoms with Crippen LogP contribution in [0.3, 0.4) is 0 Å². The zero-order valence-corrected chi connectivity index (χ0v) is 22.9. The Morgan fingerprint density at radius 2 is 1.95 bits per heavy atom. The minimum Gasteiger partial charge on any atom is -0.496 e. The molecule has 38 heavy (non-hydrogen) atoms. The van der Waals surface area contributed by atoms with Gasteiger partial charge in [0.05, 0.1) is 26.0 Å². The van der Waals surface area contributed by atoms with E-state index in [4.69, 9.17) is 9.47 Å². The number of likely N-dealkylation sites (N-methyl/N-ethyl adjacent to an activating group) is 1. The van der Waals surface area contributed by atoms with Crippen LogP contribution in [0.5, 0.6) is 11.5 Å². The molecule has 1 amide bonds. The van der Waals surface area contributed by atoms with Crippen LogP contribution in [0.15, 0.2) is 36.7 Å². The highest BCUT2D eigenvalue weighted by molar-refractivity contribution is 5.99. The van der Waals surface area contributed by atoms with E-state index in [2.05, 4.69) is 41.0 Å². The van der Waals surface area contributed by atoms with E-state index < -0.39 is 0 Å². The van der Waals surface area contributed by atoms with Crippen LogP contribution < -0.4 is 9.47 Å². The average Bonchev–Trinajstić information content (AvgIpc) is 2.93. The number of fused-ring (bicyclic) bond motifs is 1. The van der Waals surface area contributed by atoms with Crippen molar-refractivity contribution in [2.45, 2.75) is 40.2 Å². The summed E-state index contributed by atoms with van der Waals surface area (Å²) < 4.78 is 11.3. The molecule has 0 saturated carbocycles. The summed E-state index contributed by atoms with van der Waals surface area (Å²) >= 11 is 0. The zero-order chi connectivity index (χ0) is 27.2. The van der Waals surface area contributed by atoms with E-state index in [1.807, 2.05) is 30.9 Å². The van der Waals surface area contributed by atoms with Crippen molar-refractivity contribution in [3.63, 3.8) is 0 Å².